The normalized spacial score (nSPS) is 17.1. The van der Waals surface area contributed by atoms with E-state index in [0.29, 0.717) is 43.4 Å². The summed E-state index contributed by atoms with van der Waals surface area (Å²) in [5.41, 5.74) is -3.87. The van der Waals surface area contributed by atoms with Gasteiger partial charge in [0, 0.05) is 53.8 Å². The molecule has 2 aliphatic heterocycles. The van der Waals surface area contributed by atoms with Crippen LogP contribution in [0, 0.1) is 0 Å². The minimum atomic E-state index is -5.35. The van der Waals surface area contributed by atoms with Crippen LogP contribution in [0.4, 0.5) is 32.0 Å². The van der Waals surface area contributed by atoms with E-state index < -0.39 is 46.5 Å². The molecule has 2 heterocycles. The van der Waals surface area contributed by atoms with Crippen LogP contribution in [0.2, 0.25) is 0 Å². The highest BCUT2D eigenvalue weighted by Gasteiger charge is 2.46. The number of aliphatic hydroxyl groups excluding tert-OH is 1. The van der Waals surface area contributed by atoms with Crippen molar-refractivity contribution in [2.45, 2.75) is 41.0 Å². The lowest BCUT2D eigenvalue weighted by Crippen LogP contribution is -2.43. The zero-order chi connectivity index (χ0) is 30.5. The van der Waals surface area contributed by atoms with Crippen molar-refractivity contribution in [1.82, 2.24) is 9.80 Å². The Morgan fingerprint density at radius 3 is 2.24 bits per heavy atom. The number of carbonyl (C=O) groups excluding carboxylic acids is 2. The predicted octanol–water partition coefficient (Wildman–Crippen LogP) is 5.14. The third kappa shape index (κ3) is 7.98. The molecule has 2 aliphatic rings. The van der Waals surface area contributed by atoms with Crippen LogP contribution in [0.3, 0.4) is 0 Å². The van der Waals surface area contributed by atoms with Gasteiger partial charge < -0.3 is 25.0 Å². The van der Waals surface area contributed by atoms with Crippen molar-refractivity contribution < 1.29 is 45.8 Å². The number of carbonyl (C=O) groups is 2. The molecule has 0 unspecified atom stereocenters. The average molecular weight is 618 g/mol. The third-order valence-corrected chi connectivity index (χ3v) is 7.96. The average Bonchev–Trinajstić information content (AvgIpc) is 2.95. The first-order valence-corrected chi connectivity index (χ1v) is 14.0. The quantitative estimate of drug-likeness (QED) is 0.331. The van der Waals surface area contributed by atoms with Crippen LogP contribution >= 0.6 is 11.8 Å². The van der Waals surface area contributed by atoms with Crippen molar-refractivity contribution >= 4 is 35.3 Å². The van der Waals surface area contributed by atoms with Gasteiger partial charge in [-0.15, -0.1) is 0 Å². The molecule has 2 aromatic carbocycles. The van der Waals surface area contributed by atoms with E-state index in [1.54, 1.807) is 23.1 Å². The van der Waals surface area contributed by atoms with E-state index in [-0.39, 0.29) is 43.1 Å². The second-order valence-corrected chi connectivity index (χ2v) is 10.9. The Balaban J connectivity index is 1.58. The molecule has 2 aromatic rings. The Hall–Kier alpha value is -3.23. The molecule has 2 fully saturated rings. The number of aliphatic hydroxyl groups is 1. The highest BCUT2D eigenvalue weighted by atomic mass is 32.2. The molecule has 0 bridgehead atoms. The molecule has 42 heavy (non-hydrogen) atoms. The van der Waals surface area contributed by atoms with Crippen molar-refractivity contribution in [3.63, 3.8) is 0 Å². The van der Waals surface area contributed by atoms with Gasteiger partial charge in [-0.2, -0.15) is 26.3 Å². The Bertz CT molecular complexity index is 1300. The van der Waals surface area contributed by atoms with Gasteiger partial charge in [0.15, 0.2) is 0 Å². The first kappa shape index (κ1) is 31.7. The van der Waals surface area contributed by atoms with Crippen LogP contribution in [0.5, 0.6) is 0 Å². The van der Waals surface area contributed by atoms with Crippen molar-refractivity contribution in [1.29, 1.82) is 0 Å². The van der Waals surface area contributed by atoms with E-state index in [1.165, 1.54) is 11.0 Å². The number of hydrogen-bond acceptors (Lipinski definition) is 6. The minimum Gasteiger partial charge on any atom is -0.387 e. The first-order chi connectivity index (χ1) is 19.9. The molecule has 2 saturated heterocycles. The van der Waals surface area contributed by atoms with Crippen LogP contribution < -0.4 is 5.32 Å². The van der Waals surface area contributed by atoms with Crippen LogP contribution in [-0.2, 0) is 26.7 Å². The topological polar surface area (TPSA) is 82.1 Å². The zero-order valence-corrected chi connectivity index (χ0v) is 23.1. The summed E-state index contributed by atoms with van der Waals surface area (Å²) in [6, 6.07) is 8.21. The fourth-order valence-corrected chi connectivity index (χ4v) is 5.89. The maximum atomic E-state index is 14.2. The number of benzene rings is 2. The van der Waals surface area contributed by atoms with Gasteiger partial charge in [-0.05, 0) is 48.7 Å². The molecular weight excluding hydrogens is 588 g/mol. The van der Waals surface area contributed by atoms with Crippen molar-refractivity contribution in [3.05, 3.63) is 59.2 Å². The maximum absolute atomic E-state index is 14.2. The van der Waals surface area contributed by atoms with Gasteiger partial charge in [0.05, 0.1) is 24.3 Å². The number of likely N-dealkylation sites (tertiary alicyclic amines) is 1. The van der Waals surface area contributed by atoms with Gasteiger partial charge in [0.2, 0.25) is 11.8 Å². The van der Waals surface area contributed by atoms with Crippen LogP contribution in [0.25, 0.3) is 6.08 Å². The molecule has 14 heteroatoms. The first-order valence-electron chi connectivity index (χ1n) is 13.2. The van der Waals surface area contributed by atoms with Crippen LogP contribution in [0.1, 0.15) is 29.5 Å². The monoisotopic (exact) mass is 617 g/mol. The van der Waals surface area contributed by atoms with Gasteiger partial charge in [-0.1, -0.05) is 23.9 Å². The summed E-state index contributed by atoms with van der Waals surface area (Å²) in [6.45, 7) is 1.28. The number of nitrogens with one attached hydrogen (secondary N) is 1. The van der Waals surface area contributed by atoms with Crippen LogP contribution in [-0.4, -0.2) is 78.8 Å². The van der Waals surface area contributed by atoms with E-state index in [9.17, 15) is 35.9 Å². The summed E-state index contributed by atoms with van der Waals surface area (Å²) in [5.74, 6) is -0.982. The van der Waals surface area contributed by atoms with Gasteiger partial charge >= 0.3 is 12.4 Å². The molecule has 0 aliphatic carbocycles. The molecule has 2 amide bonds. The molecule has 7 nitrogen and oxygen atoms in total. The van der Waals surface area contributed by atoms with Gasteiger partial charge in [-0.25, -0.2) is 0 Å². The largest absolute Gasteiger partial charge is 0.418 e. The van der Waals surface area contributed by atoms with E-state index in [0.717, 1.165) is 24.3 Å². The fourth-order valence-electron chi connectivity index (χ4n) is 4.85. The number of ether oxygens (including phenoxy) is 1. The standard InChI is InChI=1S/C28H29F6N3O4S/c29-27(30,31)25-18(5-7-23(39)37-12-14-41-15-13-37)4-6-22(26(25)28(32,33)34)42-21-3-1-2-20(16-21)35-19-8-10-36(11-9-19)24(40)17-38/h1-7,16,19,35,38H,8-15,17H2/b7-5+. The number of amides is 2. The lowest BCUT2D eigenvalue weighted by molar-refractivity contribution is -0.163. The van der Waals surface area contributed by atoms with E-state index in [1.807, 2.05) is 0 Å². The molecule has 0 aromatic heterocycles. The minimum absolute atomic E-state index is 0.0400. The maximum Gasteiger partial charge on any atom is 0.418 e. The predicted molar refractivity (Wildman–Crippen MR) is 144 cm³/mol. The van der Waals surface area contributed by atoms with E-state index >= 15 is 0 Å². The molecule has 0 atom stereocenters. The molecule has 2 N–H and O–H groups in total. The van der Waals surface area contributed by atoms with Gasteiger partial charge in [0.1, 0.15) is 6.61 Å². The molecule has 0 radical (unpaired) electrons. The van der Waals surface area contributed by atoms with Crippen molar-refractivity contribution in [3.8, 4) is 0 Å². The number of anilines is 1. The van der Waals surface area contributed by atoms with Crippen molar-refractivity contribution in [2.24, 2.45) is 0 Å². The number of piperidine rings is 1. The van der Waals surface area contributed by atoms with Gasteiger partial charge in [-0.3, -0.25) is 9.59 Å². The third-order valence-electron chi connectivity index (χ3n) is 6.91. The lowest BCUT2D eigenvalue weighted by Gasteiger charge is -2.32. The highest BCUT2D eigenvalue weighted by molar-refractivity contribution is 7.99. The Kier molecular flexibility index (Phi) is 10.1. The highest BCUT2D eigenvalue weighted by Crippen LogP contribution is 2.48. The molecular formula is C28H29F6N3O4S. The zero-order valence-electron chi connectivity index (χ0n) is 22.3. The smallest absolute Gasteiger partial charge is 0.387 e. The van der Waals surface area contributed by atoms with E-state index in [2.05, 4.69) is 5.32 Å². The molecule has 4 rings (SSSR count). The number of hydrogen-bond donors (Lipinski definition) is 2. The Morgan fingerprint density at radius 1 is 0.952 bits per heavy atom. The number of halogens is 6. The van der Waals surface area contributed by atoms with E-state index in [4.69, 9.17) is 9.84 Å². The summed E-state index contributed by atoms with van der Waals surface area (Å²) >= 11 is 0.557. The molecule has 0 spiro atoms. The van der Waals surface area contributed by atoms with Gasteiger partial charge in [0.25, 0.3) is 0 Å². The Morgan fingerprint density at radius 2 is 1.62 bits per heavy atom. The fraction of sp³-hybridized carbons (Fsp3) is 0.429. The summed E-state index contributed by atoms with van der Waals surface area (Å²) < 4.78 is 90.3. The summed E-state index contributed by atoms with van der Waals surface area (Å²) in [5, 5.41) is 12.3. The summed E-state index contributed by atoms with van der Waals surface area (Å²) in [4.78, 5) is 26.6. The molecule has 0 saturated carbocycles. The molecule has 228 valence electrons. The second-order valence-electron chi connectivity index (χ2n) is 9.76. The number of morpholine rings is 1. The van der Waals surface area contributed by atoms with Crippen molar-refractivity contribution in [2.75, 3.05) is 51.3 Å². The SMILES string of the molecule is O=C(/C=C/c1ccc(Sc2cccc(NC3CCN(C(=O)CO)CC3)c2)c(C(F)(F)F)c1C(F)(F)F)N1CCOCC1. The lowest BCUT2D eigenvalue weighted by atomic mass is 9.99. The summed E-state index contributed by atoms with van der Waals surface area (Å²) in [7, 11) is 0. The number of rotatable bonds is 7. The van der Waals surface area contributed by atoms with Crippen LogP contribution in [0.15, 0.2) is 52.3 Å². The number of nitrogens with zero attached hydrogens (tertiary/aromatic N) is 2. The number of alkyl halides is 6. The Labute approximate surface area is 242 Å². The second kappa shape index (κ2) is 13.4. The summed E-state index contributed by atoms with van der Waals surface area (Å²) in [6.07, 6.45) is -7.89.